The summed E-state index contributed by atoms with van der Waals surface area (Å²) in [5.74, 6) is 3.50. The third-order valence-electron chi connectivity index (χ3n) is 3.00. The summed E-state index contributed by atoms with van der Waals surface area (Å²) in [6.07, 6.45) is 4.99. The molecule has 12 heavy (non-hydrogen) atoms. The van der Waals surface area contributed by atoms with Crippen LogP contribution < -0.4 is 0 Å². The molecule has 1 aliphatic heterocycles. The largest absolute Gasteiger partial charge is 0.260 e. The van der Waals surface area contributed by atoms with Crippen LogP contribution in [0.3, 0.4) is 0 Å². The molecule has 0 bridgehead atoms. The van der Waals surface area contributed by atoms with E-state index in [1.165, 1.54) is 25.7 Å². The van der Waals surface area contributed by atoms with Crippen LogP contribution in [0, 0.1) is 11.8 Å². The highest BCUT2D eigenvalue weighted by molar-refractivity contribution is 7.84. The summed E-state index contributed by atoms with van der Waals surface area (Å²) in [4.78, 5) is 0. The molecule has 0 aromatic heterocycles. The maximum atomic E-state index is 11.4. The molecule has 0 aliphatic carbocycles. The number of hydrogen-bond acceptors (Lipinski definition) is 1. The van der Waals surface area contributed by atoms with Crippen LogP contribution in [-0.4, -0.2) is 15.7 Å². The second-order valence-electron chi connectivity index (χ2n) is 3.88. The highest BCUT2D eigenvalue weighted by Gasteiger charge is 2.21. The van der Waals surface area contributed by atoms with E-state index < -0.39 is 10.8 Å². The number of hydrogen-bond donors (Lipinski definition) is 0. The molecule has 1 fully saturated rings. The van der Waals surface area contributed by atoms with E-state index in [1.807, 2.05) is 0 Å². The van der Waals surface area contributed by atoms with Crippen molar-refractivity contribution in [2.75, 3.05) is 11.5 Å². The summed E-state index contributed by atoms with van der Waals surface area (Å²) in [5, 5.41) is 0. The summed E-state index contributed by atoms with van der Waals surface area (Å²) < 4.78 is 11.4. The van der Waals surface area contributed by atoms with Gasteiger partial charge in [-0.05, 0) is 24.7 Å². The first-order valence-electron chi connectivity index (χ1n) is 5.11. The normalized spacial score (nSPS) is 37.7. The highest BCUT2D eigenvalue weighted by atomic mass is 32.2. The minimum absolute atomic E-state index is 0.510. The molecule has 1 rings (SSSR count). The molecule has 0 aromatic rings. The van der Waals surface area contributed by atoms with Crippen molar-refractivity contribution in [2.45, 2.75) is 39.5 Å². The van der Waals surface area contributed by atoms with E-state index in [1.54, 1.807) is 0 Å². The monoisotopic (exact) mass is 188 g/mol. The second kappa shape index (κ2) is 5.00. The Balaban J connectivity index is 2.49. The molecule has 2 heteroatoms. The van der Waals surface area contributed by atoms with Gasteiger partial charge in [0.2, 0.25) is 0 Å². The van der Waals surface area contributed by atoms with Gasteiger partial charge in [0.1, 0.15) is 0 Å². The van der Waals surface area contributed by atoms with Crippen molar-refractivity contribution < 1.29 is 4.21 Å². The van der Waals surface area contributed by atoms with Crippen LogP contribution in [0.15, 0.2) is 0 Å². The van der Waals surface area contributed by atoms with Gasteiger partial charge in [0.05, 0.1) is 0 Å². The highest BCUT2D eigenvalue weighted by Crippen LogP contribution is 2.26. The molecule has 1 heterocycles. The van der Waals surface area contributed by atoms with Crippen molar-refractivity contribution in [3.63, 3.8) is 0 Å². The van der Waals surface area contributed by atoms with Crippen LogP contribution in [0.2, 0.25) is 0 Å². The third-order valence-corrected chi connectivity index (χ3v) is 4.53. The van der Waals surface area contributed by atoms with Gasteiger partial charge in [-0.2, -0.15) is 0 Å². The lowest BCUT2D eigenvalue weighted by molar-refractivity contribution is 0.378. The standard InChI is InChI=1S/C10H20OS/c1-3-9-5-6-12(11)8-10(4-2)7-9/h9-10H,3-8H2,1-2H3. The zero-order valence-electron chi connectivity index (χ0n) is 8.21. The Bertz CT molecular complexity index is 156. The van der Waals surface area contributed by atoms with Gasteiger partial charge in [-0.3, -0.25) is 4.21 Å². The fourth-order valence-corrected chi connectivity index (χ4v) is 3.62. The van der Waals surface area contributed by atoms with E-state index >= 15 is 0 Å². The lowest BCUT2D eigenvalue weighted by Gasteiger charge is -2.15. The average Bonchev–Trinajstić information content (AvgIpc) is 2.26. The van der Waals surface area contributed by atoms with E-state index in [4.69, 9.17) is 0 Å². The molecule has 1 saturated heterocycles. The molecule has 72 valence electrons. The fourth-order valence-electron chi connectivity index (χ4n) is 1.96. The summed E-state index contributed by atoms with van der Waals surface area (Å²) >= 11 is 0. The van der Waals surface area contributed by atoms with Crippen molar-refractivity contribution in [3.8, 4) is 0 Å². The Morgan fingerprint density at radius 1 is 1.25 bits per heavy atom. The molecule has 1 aliphatic rings. The van der Waals surface area contributed by atoms with Crippen molar-refractivity contribution in [3.05, 3.63) is 0 Å². The maximum Gasteiger partial charge on any atom is 0.0263 e. The molecule has 3 atom stereocenters. The Morgan fingerprint density at radius 2 is 1.92 bits per heavy atom. The zero-order chi connectivity index (χ0) is 8.97. The Hall–Kier alpha value is 0.150. The van der Waals surface area contributed by atoms with Gasteiger partial charge in [0.15, 0.2) is 0 Å². The first-order valence-corrected chi connectivity index (χ1v) is 6.60. The first-order chi connectivity index (χ1) is 5.76. The van der Waals surface area contributed by atoms with Crippen molar-refractivity contribution in [1.82, 2.24) is 0 Å². The molecule has 0 amide bonds. The first kappa shape index (κ1) is 10.2. The molecule has 0 N–H and O–H groups in total. The van der Waals surface area contributed by atoms with E-state index in [0.717, 1.165) is 23.3 Å². The lowest BCUT2D eigenvalue weighted by Crippen LogP contribution is -2.09. The summed E-state index contributed by atoms with van der Waals surface area (Å²) in [7, 11) is -0.510. The van der Waals surface area contributed by atoms with Crippen LogP contribution in [0.5, 0.6) is 0 Å². The van der Waals surface area contributed by atoms with Crippen LogP contribution in [0.1, 0.15) is 39.5 Å². The van der Waals surface area contributed by atoms with E-state index in [2.05, 4.69) is 13.8 Å². The summed E-state index contributed by atoms with van der Waals surface area (Å²) in [6, 6.07) is 0. The minimum atomic E-state index is -0.510. The van der Waals surface area contributed by atoms with Gasteiger partial charge < -0.3 is 0 Å². The average molecular weight is 188 g/mol. The van der Waals surface area contributed by atoms with Crippen molar-refractivity contribution in [1.29, 1.82) is 0 Å². The summed E-state index contributed by atoms with van der Waals surface area (Å²) in [5.41, 5.74) is 0. The molecule has 0 spiro atoms. The third kappa shape index (κ3) is 2.89. The molecule has 0 aromatic carbocycles. The summed E-state index contributed by atoms with van der Waals surface area (Å²) in [6.45, 7) is 4.48. The van der Waals surface area contributed by atoms with Gasteiger partial charge in [-0.15, -0.1) is 0 Å². The Labute approximate surface area is 78.4 Å². The molecular formula is C10H20OS. The van der Waals surface area contributed by atoms with E-state index in [-0.39, 0.29) is 0 Å². The predicted octanol–water partition coefficient (Wildman–Crippen LogP) is 2.58. The topological polar surface area (TPSA) is 17.1 Å². The molecular weight excluding hydrogens is 168 g/mol. The van der Waals surface area contributed by atoms with Gasteiger partial charge in [0, 0.05) is 22.3 Å². The molecule has 1 nitrogen and oxygen atoms in total. The van der Waals surface area contributed by atoms with Gasteiger partial charge >= 0.3 is 0 Å². The van der Waals surface area contributed by atoms with Crippen LogP contribution in [-0.2, 0) is 10.8 Å². The number of rotatable bonds is 2. The SMILES string of the molecule is CCC1CCS(=O)CC(CC)C1. The lowest BCUT2D eigenvalue weighted by atomic mass is 9.90. The fraction of sp³-hybridized carbons (Fsp3) is 1.00. The molecule has 3 unspecified atom stereocenters. The van der Waals surface area contributed by atoms with Gasteiger partial charge in [-0.1, -0.05) is 26.7 Å². The zero-order valence-corrected chi connectivity index (χ0v) is 9.03. The minimum Gasteiger partial charge on any atom is -0.260 e. The smallest absolute Gasteiger partial charge is 0.0263 e. The second-order valence-corrected chi connectivity index (χ2v) is 5.50. The van der Waals surface area contributed by atoms with Gasteiger partial charge in [-0.25, -0.2) is 0 Å². The van der Waals surface area contributed by atoms with Crippen LogP contribution in [0.25, 0.3) is 0 Å². The molecule has 0 radical (unpaired) electrons. The van der Waals surface area contributed by atoms with Gasteiger partial charge in [0.25, 0.3) is 0 Å². The Morgan fingerprint density at radius 3 is 2.50 bits per heavy atom. The van der Waals surface area contributed by atoms with Crippen LogP contribution >= 0.6 is 0 Å². The van der Waals surface area contributed by atoms with E-state index in [0.29, 0.717) is 0 Å². The van der Waals surface area contributed by atoms with Crippen LogP contribution in [0.4, 0.5) is 0 Å². The Kier molecular flexibility index (Phi) is 4.27. The predicted molar refractivity (Wildman–Crippen MR) is 54.7 cm³/mol. The molecule has 0 saturated carbocycles. The quantitative estimate of drug-likeness (QED) is 0.651. The van der Waals surface area contributed by atoms with Crippen molar-refractivity contribution >= 4 is 10.8 Å². The maximum absolute atomic E-state index is 11.4. The van der Waals surface area contributed by atoms with Crippen molar-refractivity contribution in [2.24, 2.45) is 11.8 Å². The van der Waals surface area contributed by atoms with E-state index in [9.17, 15) is 4.21 Å².